The van der Waals surface area contributed by atoms with Gasteiger partial charge in [0.15, 0.2) is 0 Å². The summed E-state index contributed by atoms with van der Waals surface area (Å²) in [5.74, 6) is 0. The van der Waals surface area contributed by atoms with Gasteiger partial charge in [0.05, 0.1) is 11.3 Å². The van der Waals surface area contributed by atoms with E-state index >= 15 is 0 Å². The predicted molar refractivity (Wildman–Crippen MR) is 53.1 cm³/mol. The molecule has 2 aromatic carbocycles. The molecule has 0 saturated carbocycles. The minimum atomic E-state index is 0.540. The van der Waals surface area contributed by atoms with Crippen LogP contribution < -0.4 is 5.73 Å². The summed E-state index contributed by atoms with van der Waals surface area (Å²) in [5.41, 5.74) is 6.76. The number of nitrogens with zero attached hydrogens (tertiary/aromatic N) is 1. The normalized spacial score (nSPS) is 9.77. The van der Waals surface area contributed by atoms with E-state index in [1.807, 2.05) is 36.4 Å². The van der Waals surface area contributed by atoms with Gasteiger partial charge in [-0.3, -0.25) is 0 Å². The van der Waals surface area contributed by atoms with Crippen molar-refractivity contribution in [3.05, 3.63) is 42.0 Å². The van der Waals surface area contributed by atoms with Gasteiger partial charge >= 0.3 is 0 Å². The molecule has 2 aromatic rings. The third kappa shape index (κ3) is 1.21. The maximum atomic E-state index is 8.75. The molecule has 0 aliphatic carbocycles. The number of nitrogens with two attached hydrogens (primary N) is 1. The van der Waals surface area contributed by atoms with Crippen LogP contribution in [0.2, 0.25) is 0 Å². The molecule has 0 fully saturated rings. The number of nitrogen functional groups attached to an aromatic ring is 1. The van der Waals surface area contributed by atoms with Crippen LogP contribution in [0, 0.1) is 11.3 Å². The third-order valence-electron chi connectivity index (χ3n) is 2.04. The molecule has 2 rings (SSSR count). The van der Waals surface area contributed by atoms with E-state index in [0.717, 1.165) is 10.8 Å². The second kappa shape index (κ2) is 2.80. The van der Waals surface area contributed by atoms with Gasteiger partial charge in [0, 0.05) is 0 Å². The molecule has 0 atom stereocenters. The van der Waals surface area contributed by atoms with E-state index in [1.54, 1.807) is 0 Å². The molecule has 0 radical (unpaired) electrons. The lowest BCUT2D eigenvalue weighted by Crippen LogP contribution is -1.89. The molecule has 0 spiro atoms. The molecule has 0 saturated heterocycles. The van der Waals surface area contributed by atoms with Crippen LogP contribution in [0.1, 0.15) is 5.56 Å². The fourth-order valence-corrected chi connectivity index (χ4v) is 1.35. The summed E-state index contributed by atoms with van der Waals surface area (Å²) in [6.07, 6.45) is 0. The lowest BCUT2D eigenvalue weighted by Gasteiger charge is -2.00. The summed E-state index contributed by atoms with van der Waals surface area (Å²) >= 11 is 0. The zero-order chi connectivity index (χ0) is 9.26. The topological polar surface area (TPSA) is 49.8 Å². The first-order valence-electron chi connectivity index (χ1n) is 3.99. The van der Waals surface area contributed by atoms with E-state index in [4.69, 9.17) is 11.0 Å². The van der Waals surface area contributed by atoms with E-state index in [-0.39, 0.29) is 0 Å². The Morgan fingerprint density at radius 1 is 1.08 bits per heavy atom. The monoisotopic (exact) mass is 168 g/mol. The highest BCUT2D eigenvalue weighted by Gasteiger charge is 1.99. The summed E-state index contributed by atoms with van der Waals surface area (Å²) in [6.45, 7) is 0. The first kappa shape index (κ1) is 7.63. The van der Waals surface area contributed by atoms with E-state index in [9.17, 15) is 0 Å². The SMILES string of the molecule is N#Cc1cc2ccccc2cc1N. The van der Waals surface area contributed by atoms with Gasteiger partial charge < -0.3 is 5.73 Å². The average Bonchev–Trinajstić information content (AvgIpc) is 2.17. The Balaban J connectivity index is 2.83. The van der Waals surface area contributed by atoms with Crippen LogP contribution in [0.3, 0.4) is 0 Å². The number of nitriles is 1. The number of hydrogen-bond acceptors (Lipinski definition) is 2. The molecule has 0 bridgehead atoms. The van der Waals surface area contributed by atoms with Crippen LogP contribution in [0.4, 0.5) is 5.69 Å². The molecule has 2 N–H and O–H groups in total. The first-order chi connectivity index (χ1) is 6.31. The van der Waals surface area contributed by atoms with Crippen LogP contribution in [0.15, 0.2) is 36.4 Å². The van der Waals surface area contributed by atoms with Gasteiger partial charge in [-0.25, -0.2) is 0 Å². The van der Waals surface area contributed by atoms with E-state index in [0.29, 0.717) is 11.3 Å². The van der Waals surface area contributed by atoms with Crippen molar-refractivity contribution in [3.63, 3.8) is 0 Å². The molecule has 2 heteroatoms. The molecule has 0 amide bonds. The molecule has 0 heterocycles. The fraction of sp³-hybridized carbons (Fsp3) is 0. The highest BCUT2D eigenvalue weighted by atomic mass is 14.6. The number of hydrogen-bond donors (Lipinski definition) is 1. The molecule has 0 aliphatic heterocycles. The molecule has 0 aliphatic rings. The van der Waals surface area contributed by atoms with E-state index in [2.05, 4.69) is 6.07 Å². The van der Waals surface area contributed by atoms with Crippen molar-refractivity contribution in [3.8, 4) is 6.07 Å². The van der Waals surface area contributed by atoms with Crippen molar-refractivity contribution in [2.45, 2.75) is 0 Å². The quantitative estimate of drug-likeness (QED) is 0.613. The third-order valence-corrected chi connectivity index (χ3v) is 2.04. The predicted octanol–water partition coefficient (Wildman–Crippen LogP) is 2.29. The van der Waals surface area contributed by atoms with E-state index in [1.165, 1.54) is 0 Å². The Hall–Kier alpha value is -2.01. The Bertz CT molecular complexity index is 495. The van der Waals surface area contributed by atoms with Gasteiger partial charge in [-0.15, -0.1) is 0 Å². The highest BCUT2D eigenvalue weighted by Crippen LogP contribution is 2.20. The number of rotatable bonds is 0. The zero-order valence-corrected chi connectivity index (χ0v) is 6.99. The molecule has 13 heavy (non-hydrogen) atoms. The largest absolute Gasteiger partial charge is 0.398 e. The molecule has 62 valence electrons. The molecule has 0 unspecified atom stereocenters. The minimum absolute atomic E-state index is 0.540. The summed E-state index contributed by atoms with van der Waals surface area (Å²) in [4.78, 5) is 0. The van der Waals surface area contributed by atoms with Crippen molar-refractivity contribution < 1.29 is 0 Å². The lowest BCUT2D eigenvalue weighted by molar-refractivity contribution is 1.49. The van der Waals surface area contributed by atoms with Crippen molar-refractivity contribution in [2.24, 2.45) is 0 Å². The summed E-state index contributed by atoms with van der Waals surface area (Å²) < 4.78 is 0. The second-order valence-electron chi connectivity index (χ2n) is 2.90. The van der Waals surface area contributed by atoms with Crippen LogP contribution in [0.5, 0.6) is 0 Å². The van der Waals surface area contributed by atoms with Gasteiger partial charge in [-0.2, -0.15) is 5.26 Å². The first-order valence-corrected chi connectivity index (χ1v) is 3.99. The van der Waals surface area contributed by atoms with Gasteiger partial charge in [-0.1, -0.05) is 24.3 Å². The summed E-state index contributed by atoms with van der Waals surface area (Å²) in [5, 5.41) is 10.9. The summed E-state index contributed by atoms with van der Waals surface area (Å²) in [6, 6.07) is 13.5. The number of fused-ring (bicyclic) bond motifs is 1. The van der Waals surface area contributed by atoms with Crippen molar-refractivity contribution in [1.29, 1.82) is 5.26 Å². The van der Waals surface area contributed by atoms with Crippen LogP contribution in [0.25, 0.3) is 10.8 Å². The number of anilines is 1. The summed E-state index contributed by atoms with van der Waals surface area (Å²) in [7, 11) is 0. The Morgan fingerprint density at radius 2 is 1.69 bits per heavy atom. The van der Waals surface area contributed by atoms with Crippen molar-refractivity contribution in [2.75, 3.05) is 5.73 Å². The molecular weight excluding hydrogens is 160 g/mol. The van der Waals surface area contributed by atoms with Crippen molar-refractivity contribution in [1.82, 2.24) is 0 Å². The second-order valence-corrected chi connectivity index (χ2v) is 2.90. The van der Waals surface area contributed by atoms with Crippen LogP contribution in [-0.2, 0) is 0 Å². The maximum Gasteiger partial charge on any atom is 0.101 e. The Kier molecular flexibility index (Phi) is 1.64. The standard InChI is InChI=1S/C11H8N2/c12-7-10-5-8-3-1-2-4-9(8)6-11(10)13/h1-6H,13H2. The average molecular weight is 168 g/mol. The molecular formula is C11H8N2. The Labute approximate surface area is 76.2 Å². The maximum absolute atomic E-state index is 8.75. The lowest BCUT2D eigenvalue weighted by atomic mass is 10.1. The van der Waals surface area contributed by atoms with Crippen LogP contribution >= 0.6 is 0 Å². The van der Waals surface area contributed by atoms with Gasteiger partial charge in [0.2, 0.25) is 0 Å². The highest BCUT2D eigenvalue weighted by molar-refractivity contribution is 5.87. The number of benzene rings is 2. The fourth-order valence-electron chi connectivity index (χ4n) is 1.35. The van der Waals surface area contributed by atoms with Gasteiger partial charge in [-0.05, 0) is 22.9 Å². The molecule has 2 nitrogen and oxygen atoms in total. The Morgan fingerprint density at radius 3 is 2.31 bits per heavy atom. The zero-order valence-electron chi connectivity index (χ0n) is 6.99. The van der Waals surface area contributed by atoms with Gasteiger partial charge in [0.25, 0.3) is 0 Å². The van der Waals surface area contributed by atoms with Crippen LogP contribution in [-0.4, -0.2) is 0 Å². The molecule has 0 aromatic heterocycles. The minimum Gasteiger partial charge on any atom is -0.398 e. The van der Waals surface area contributed by atoms with Crippen molar-refractivity contribution >= 4 is 16.5 Å². The van der Waals surface area contributed by atoms with Gasteiger partial charge in [0.1, 0.15) is 6.07 Å². The smallest absolute Gasteiger partial charge is 0.101 e. The van der Waals surface area contributed by atoms with E-state index < -0.39 is 0 Å².